The van der Waals surface area contributed by atoms with Gasteiger partial charge in [0.05, 0.1) is 11.1 Å². The van der Waals surface area contributed by atoms with Gasteiger partial charge in [-0.1, -0.05) is 10.2 Å². The van der Waals surface area contributed by atoms with Crippen molar-refractivity contribution < 1.29 is 39.9 Å². The average Bonchev–Trinajstić information content (AvgIpc) is 2.84. The van der Waals surface area contributed by atoms with E-state index in [1.165, 1.54) is 11.9 Å². The third-order valence-electron chi connectivity index (χ3n) is 4.94. The molecule has 1 aliphatic rings. The fourth-order valence-corrected chi connectivity index (χ4v) is 3.35. The molecule has 0 spiro atoms. The molecule has 0 bridgehead atoms. The Morgan fingerprint density at radius 3 is 1.25 bits per heavy atom. The normalized spacial score (nSPS) is 16.3. The molecule has 0 N–H and O–H groups in total. The van der Waals surface area contributed by atoms with E-state index in [1.807, 2.05) is 0 Å². The monoisotopic (exact) mass is 515 g/mol. The summed E-state index contributed by atoms with van der Waals surface area (Å²) in [4.78, 5) is 18.2. The van der Waals surface area contributed by atoms with Gasteiger partial charge >= 0.3 is 0 Å². The zero-order chi connectivity index (χ0) is 26.9. The van der Waals surface area contributed by atoms with Crippen molar-refractivity contribution in [3.05, 3.63) is 89.7 Å². The summed E-state index contributed by atoms with van der Waals surface area (Å²) in [7, 11) is 1.34. The van der Waals surface area contributed by atoms with E-state index in [4.69, 9.17) is 11.1 Å². The number of hydrogen-bond donors (Lipinski definition) is 0. The summed E-state index contributed by atoms with van der Waals surface area (Å²) in [6.45, 7) is -0.722. The van der Waals surface area contributed by atoms with Crippen molar-refractivity contribution in [3.63, 3.8) is 0 Å². The fraction of sp³-hybridized carbons (Fsp3) is 0.150. The second-order valence-electron chi connectivity index (χ2n) is 7.26. The van der Waals surface area contributed by atoms with Crippen LogP contribution in [0.2, 0.25) is 0 Å². The predicted octanol–water partition coefficient (Wildman–Crippen LogP) is 6.66. The SMILES string of the molecule is CN1C/C(=C\c2c(F)c(F)c(N=[N+]=[N-])c(F)c2F)C(=O)/C(=C/c2c(F)c(F)c(N=[N+]=[N-])c(F)c2F)C1. The maximum atomic E-state index is 14.4. The molecule has 8 nitrogen and oxygen atoms in total. The first-order valence-electron chi connectivity index (χ1n) is 9.40. The molecule has 0 radical (unpaired) electrons. The first-order chi connectivity index (χ1) is 16.9. The number of Topliss-reactive ketones (excluding diaryl/α,β-unsaturated/α-hetero) is 1. The lowest BCUT2D eigenvalue weighted by molar-refractivity contribution is -0.113. The molecule has 0 amide bonds. The van der Waals surface area contributed by atoms with Crippen LogP contribution in [0.3, 0.4) is 0 Å². The third kappa shape index (κ3) is 4.47. The molecule has 0 aliphatic carbocycles. The summed E-state index contributed by atoms with van der Waals surface area (Å²) >= 11 is 0. The standard InChI is InChI=1S/C20H9F8N7O/c1-35-4-6(2-8-10(21)14(25)18(31-33-29)15(26)11(8)22)20(36)7(5-35)3-9-12(23)16(27)19(32-34-30)17(28)13(9)24/h2-3H,4-5H2,1H3/b6-2+,7-3+. The molecule has 0 atom stereocenters. The highest BCUT2D eigenvalue weighted by Crippen LogP contribution is 2.34. The number of nitrogens with zero attached hydrogens (tertiary/aromatic N) is 7. The van der Waals surface area contributed by atoms with Crippen LogP contribution in [0.15, 0.2) is 21.4 Å². The highest BCUT2D eigenvalue weighted by atomic mass is 19.2. The van der Waals surface area contributed by atoms with Crippen molar-refractivity contribution in [2.75, 3.05) is 20.1 Å². The summed E-state index contributed by atoms with van der Waals surface area (Å²) in [5.41, 5.74) is 9.69. The third-order valence-corrected chi connectivity index (χ3v) is 4.94. The molecule has 186 valence electrons. The highest BCUT2D eigenvalue weighted by Gasteiger charge is 2.30. The van der Waals surface area contributed by atoms with Crippen LogP contribution >= 0.6 is 0 Å². The van der Waals surface area contributed by atoms with Crippen LogP contribution in [-0.2, 0) is 4.79 Å². The number of hydrogen-bond acceptors (Lipinski definition) is 4. The summed E-state index contributed by atoms with van der Waals surface area (Å²) in [5, 5.41) is 5.07. The van der Waals surface area contributed by atoms with Gasteiger partial charge in [0.25, 0.3) is 0 Å². The van der Waals surface area contributed by atoms with Crippen molar-refractivity contribution in [2.45, 2.75) is 0 Å². The molecule has 3 rings (SSSR count). The van der Waals surface area contributed by atoms with E-state index >= 15 is 0 Å². The lowest BCUT2D eigenvalue weighted by Crippen LogP contribution is -2.34. The number of likely N-dealkylation sites (N-methyl/N-ethyl adjacent to an activating group) is 1. The molecule has 0 saturated carbocycles. The summed E-state index contributed by atoms with van der Waals surface area (Å²) in [5.74, 6) is -17.3. The van der Waals surface area contributed by atoms with Crippen LogP contribution in [0, 0.1) is 46.5 Å². The van der Waals surface area contributed by atoms with E-state index in [2.05, 4.69) is 20.1 Å². The van der Waals surface area contributed by atoms with Crippen LogP contribution in [0.25, 0.3) is 33.0 Å². The Hall–Kier alpha value is -4.39. The van der Waals surface area contributed by atoms with Gasteiger partial charge in [-0.2, -0.15) is 0 Å². The van der Waals surface area contributed by atoms with E-state index in [1.54, 1.807) is 0 Å². The van der Waals surface area contributed by atoms with Gasteiger partial charge in [-0.15, -0.1) is 0 Å². The minimum Gasteiger partial charge on any atom is -0.298 e. The van der Waals surface area contributed by atoms with Crippen molar-refractivity contribution in [2.24, 2.45) is 10.2 Å². The number of carbonyl (C=O) groups is 1. The lowest BCUT2D eigenvalue weighted by Gasteiger charge is -2.26. The van der Waals surface area contributed by atoms with Crippen molar-refractivity contribution in [3.8, 4) is 0 Å². The Labute approximate surface area is 195 Å². The van der Waals surface area contributed by atoms with Gasteiger partial charge in [0.1, 0.15) is 11.4 Å². The number of benzene rings is 2. The summed E-state index contributed by atoms with van der Waals surface area (Å²) < 4.78 is 114. The molecule has 16 heteroatoms. The Kier molecular flexibility index (Phi) is 7.34. The van der Waals surface area contributed by atoms with E-state index in [9.17, 15) is 39.9 Å². The quantitative estimate of drug-likeness (QED) is 0.113. The Morgan fingerprint density at radius 2 is 0.972 bits per heavy atom. The minimum absolute atomic E-state index is 0.361. The molecule has 1 saturated heterocycles. The Morgan fingerprint density at radius 1 is 0.667 bits per heavy atom. The first-order valence-corrected chi connectivity index (χ1v) is 9.40. The van der Waals surface area contributed by atoms with Gasteiger partial charge in [-0.05, 0) is 30.3 Å². The molecular weight excluding hydrogens is 506 g/mol. The van der Waals surface area contributed by atoms with E-state index in [-0.39, 0.29) is 13.1 Å². The number of carbonyl (C=O) groups excluding carboxylic acids is 1. The average molecular weight is 515 g/mol. The van der Waals surface area contributed by atoms with Crippen LogP contribution in [0.1, 0.15) is 11.1 Å². The maximum Gasteiger partial charge on any atom is 0.187 e. The summed E-state index contributed by atoms with van der Waals surface area (Å²) in [6.07, 6.45) is 0.863. The van der Waals surface area contributed by atoms with Gasteiger partial charge in [-0.25, -0.2) is 35.1 Å². The van der Waals surface area contributed by atoms with E-state index in [0.717, 1.165) is 0 Å². The molecule has 0 unspecified atom stereocenters. The lowest BCUT2D eigenvalue weighted by atomic mass is 9.94. The zero-order valence-electron chi connectivity index (χ0n) is 17.6. The first kappa shape index (κ1) is 26.2. The van der Waals surface area contributed by atoms with Crippen molar-refractivity contribution in [1.29, 1.82) is 0 Å². The highest BCUT2D eigenvalue weighted by molar-refractivity contribution is 6.14. The largest absolute Gasteiger partial charge is 0.298 e. The van der Waals surface area contributed by atoms with Gasteiger partial charge in [-0.3, -0.25) is 9.69 Å². The van der Waals surface area contributed by atoms with E-state index < -0.39 is 86.0 Å². The van der Waals surface area contributed by atoms with E-state index in [0.29, 0.717) is 12.2 Å². The van der Waals surface area contributed by atoms with Crippen LogP contribution in [0.5, 0.6) is 0 Å². The number of azide groups is 2. The molecule has 2 aromatic rings. The van der Waals surface area contributed by atoms with Crippen LogP contribution in [0.4, 0.5) is 46.5 Å². The van der Waals surface area contributed by atoms with Crippen molar-refractivity contribution in [1.82, 2.24) is 4.90 Å². The number of piperidine rings is 1. The number of likely N-dealkylation sites (tertiary alicyclic amines) is 1. The van der Waals surface area contributed by atoms with Gasteiger partial charge in [0.15, 0.2) is 52.3 Å². The second-order valence-corrected chi connectivity index (χ2v) is 7.26. The van der Waals surface area contributed by atoms with Crippen LogP contribution < -0.4 is 0 Å². The van der Waals surface area contributed by atoms with Gasteiger partial charge in [0, 0.05) is 34.1 Å². The molecule has 1 fully saturated rings. The topological polar surface area (TPSA) is 118 Å². The maximum absolute atomic E-state index is 14.4. The Bertz CT molecular complexity index is 1310. The minimum atomic E-state index is -2.04. The second kappa shape index (κ2) is 10.1. The number of halogens is 8. The number of ketones is 1. The molecule has 1 aliphatic heterocycles. The van der Waals surface area contributed by atoms with Crippen molar-refractivity contribution >= 4 is 29.3 Å². The Balaban J connectivity index is 2.18. The zero-order valence-corrected chi connectivity index (χ0v) is 17.6. The smallest absolute Gasteiger partial charge is 0.187 e. The van der Waals surface area contributed by atoms with Gasteiger partial charge < -0.3 is 0 Å². The predicted molar refractivity (Wildman–Crippen MR) is 109 cm³/mol. The summed E-state index contributed by atoms with van der Waals surface area (Å²) in [6, 6.07) is 0. The molecule has 0 aromatic heterocycles. The molecule has 2 aromatic carbocycles. The van der Waals surface area contributed by atoms with Gasteiger partial charge in [0.2, 0.25) is 0 Å². The molecule has 1 heterocycles. The molecular formula is C20H9F8N7O. The van der Waals surface area contributed by atoms with Crippen LogP contribution in [-0.4, -0.2) is 30.8 Å². The number of rotatable bonds is 4. The molecule has 36 heavy (non-hydrogen) atoms. The fourth-order valence-electron chi connectivity index (χ4n) is 3.35.